The lowest BCUT2D eigenvalue weighted by atomic mass is 10.0. The molecule has 0 saturated heterocycles. The van der Waals surface area contributed by atoms with Gasteiger partial charge in [0.25, 0.3) is 0 Å². The van der Waals surface area contributed by atoms with Gasteiger partial charge < -0.3 is 4.74 Å². The molecule has 0 spiro atoms. The van der Waals surface area contributed by atoms with Crippen molar-refractivity contribution in [2.24, 2.45) is 0 Å². The number of methoxy groups -OCH3 is 1. The van der Waals surface area contributed by atoms with E-state index in [-0.39, 0.29) is 11.1 Å². The Labute approximate surface area is 121 Å². The molecule has 1 heterocycles. The van der Waals surface area contributed by atoms with Gasteiger partial charge in [0.1, 0.15) is 11.8 Å². The van der Waals surface area contributed by atoms with Crippen molar-refractivity contribution < 1.29 is 14.3 Å². The molecule has 1 aromatic carbocycles. The summed E-state index contributed by atoms with van der Waals surface area (Å²) >= 11 is 0. The number of hydrogen-bond donors (Lipinski definition) is 0. The van der Waals surface area contributed by atoms with Crippen LogP contribution < -0.4 is 0 Å². The van der Waals surface area contributed by atoms with Crippen molar-refractivity contribution in [3.05, 3.63) is 52.3 Å². The molecule has 6 heteroatoms. The minimum Gasteiger partial charge on any atom is -0.465 e. The van der Waals surface area contributed by atoms with E-state index in [1.807, 2.05) is 6.07 Å². The molecule has 0 aliphatic heterocycles. The Morgan fingerprint density at radius 2 is 2.29 bits per heavy atom. The highest BCUT2D eigenvalue weighted by Crippen LogP contribution is 2.17. The van der Waals surface area contributed by atoms with E-state index in [1.165, 1.54) is 7.11 Å². The van der Waals surface area contributed by atoms with Gasteiger partial charge in [-0.15, -0.1) is 0 Å². The van der Waals surface area contributed by atoms with Crippen LogP contribution in [-0.4, -0.2) is 29.1 Å². The number of nitriles is 1. The molecule has 0 unspecified atom stereocenters. The topological polar surface area (TPSA) is 85.0 Å². The number of esters is 1. The van der Waals surface area contributed by atoms with Crippen molar-refractivity contribution >= 4 is 12.3 Å². The van der Waals surface area contributed by atoms with Crippen molar-refractivity contribution in [1.29, 1.82) is 5.26 Å². The van der Waals surface area contributed by atoms with Gasteiger partial charge in [0, 0.05) is 6.20 Å². The minimum absolute atomic E-state index is 0.219. The zero-order valence-corrected chi connectivity index (χ0v) is 11.7. The molecule has 0 aliphatic rings. The van der Waals surface area contributed by atoms with Gasteiger partial charge in [-0.3, -0.25) is 9.48 Å². The van der Waals surface area contributed by atoms with E-state index < -0.39 is 5.97 Å². The molecule has 0 aliphatic carbocycles. The van der Waals surface area contributed by atoms with Crippen LogP contribution in [0.4, 0.5) is 0 Å². The van der Waals surface area contributed by atoms with Crippen LogP contribution in [0.2, 0.25) is 0 Å². The van der Waals surface area contributed by atoms with Gasteiger partial charge in [-0.25, -0.2) is 4.79 Å². The average molecular weight is 283 g/mol. The molecule has 0 saturated carbocycles. The molecule has 1 aromatic heterocycles. The first kappa shape index (κ1) is 14.5. The first-order valence-electron chi connectivity index (χ1n) is 6.20. The lowest BCUT2D eigenvalue weighted by Crippen LogP contribution is -2.09. The second kappa shape index (κ2) is 6.01. The summed E-state index contributed by atoms with van der Waals surface area (Å²) in [5.41, 5.74) is 2.23. The Bertz CT molecular complexity index is 741. The number of rotatable bonds is 4. The third-order valence-corrected chi connectivity index (χ3v) is 3.09. The van der Waals surface area contributed by atoms with Crippen LogP contribution in [0.1, 0.15) is 37.5 Å². The third-order valence-electron chi connectivity index (χ3n) is 3.09. The van der Waals surface area contributed by atoms with Gasteiger partial charge in [-0.1, -0.05) is 12.1 Å². The van der Waals surface area contributed by atoms with E-state index in [0.29, 0.717) is 24.1 Å². The number of aldehydes is 1. The summed E-state index contributed by atoms with van der Waals surface area (Å²) in [5, 5.41) is 13.4. The molecule has 0 fully saturated rings. The van der Waals surface area contributed by atoms with Crippen molar-refractivity contribution in [2.45, 2.75) is 13.5 Å². The highest BCUT2D eigenvalue weighted by atomic mass is 16.5. The van der Waals surface area contributed by atoms with E-state index >= 15 is 0 Å². The molecule has 0 amide bonds. The van der Waals surface area contributed by atoms with Crippen molar-refractivity contribution in [3.8, 4) is 6.07 Å². The highest BCUT2D eigenvalue weighted by Gasteiger charge is 2.16. The molecular weight excluding hydrogens is 270 g/mol. The molecule has 106 valence electrons. The van der Waals surface area contributed by atoms with E-state index in [1.54, 1.807) is 36.0 Å². The smallest absolute Gasteiger partial charge is 0.339 e. The van der Waals surface area contributed by atoms with Gasteiger partial charge >= 0.3 is 5.97 Å². The van der Waals surface area contributed by atoms with Gasteiger partial charge in [0.2, 0.25) is 0 Å². The molecule has 2 rings (SSSR count). The third kappa shape index (κ3) is 2.82. The van der Waals surface area contributed by atoms with Crippen LogP contribution in [0.3, 0.4) is 0 Å². The molecule has 6 nitrogen and oxygen atoms in total. The monoisotopic (exact) mass is 283 g/mol. The maximum absolute atomic E-state index is 11.7. The Hall–Kier alpha value is -2.94. The number of carbonyl (C=O) groups excluding carboxylic acids is 2. The maximum Gasteiger partial charge on any atom is 0.339 e. The first-order chi connectivity index (χ1) is 10.1. The zero-order chi connectivity index (χ0) is 15.4. The number of aromatic nitrogens is 2. The van der Waals surface area contributed by atoms with Gasteiger partial charge in [0.05, 0.1) is 24.8 Å². The Morgan fingerprint density at radius 1 is 1.52 bits per heavy atom. The van der Waals surface area contributed by atoms with Gasteiger partial charge in [-0.2, -0.15) is 10.4 Å². The van der Waals surface area contributed by atoms with Crippen molar-refractivity contribution in [1.82, 2.24) is 9.78 Å². The van der Waals surface area contributed by atoms with Crippen LogP contribution in [0.5, 0.6) is 0 Å². The van der Waals surface area contributed by atoms with E-state index in [0.717, 1.165) is 5.56 Å². The SMILES string of the molecule is COC(=O)c1cccc(Cn2cc(C)c(C=O)n2)c1C#N. The largest absolute Gasteiger partial charge is 0.465 e. The van der Waals surface area contributed by atoms with Crippen molar-refractivity contribution in [2.75, 3.05) is 7.11 Å². The average Bonchev–Trinajstić information content (AvgIpc) is 2.85. The maximum atomic E-state index is 11.7. The molecule has 0 N–H and O–H groups in total. The lowest BCUT2D eigenvalue weighted by molar-refractivity contribution is 0.0600. The van der Waals surface area contributed by atoms with Crippen molar-refractivity contribution in [3.63, 3.8) is 0 Å². The quantitative estimate of drug-likeness (QED) is 0.630. The summed E-state index contributed by atoms with van der Waals surface area (Å²) in [5.74, 6) is -0.557. The summed E-state index contributed by atoms with van der Waals surface area (Å²) in [6.07, 6.45) is 2.40. The zero-order valence-electron chi connectivity index (χ0n) is 11.7. The van der Waals surface area contributed by atoms with Crippen LogP contribution in [0.15, 0.2) is 24.4 Å². The summed E-state index contributed by atoms with van der Waals surface area (Å²) < 4.78 is 6.23. The van der Waals surface area contributed by atoms with Crippen LogP contribution in [0, 0.1) is 18.3 Å². The molecule has 0 atom stereocenters. The fourth-order valence-corrected chi connectivity index (χ4v) is 2.05. The molecular formula is C15H13N3O3. The summed E-state index contributed by atoms with van der Waals surface area (Å²) in [6.45, 7) is 2.08. The molecule has 21 heavy (non-hydrogen) atoms. The molecule has 2 aromatic rings. The standard InChI is InChI=1S/C15H13N3O3/c1-10-7-18(17-14(10)9-19)8-11-4-3-5-12(13(11)6-16)15(20)21-2/h3-5,7,9H,8H2,1-2H3. The predicted octanol–water partition coefficient (Wildman–Crippen LogP) is 1.71. The van der Waals surface area contributed by atoms with Gasteiger partial charge in [0.15, 0.2) is 6.29 Å². The van der Waals surface area contributed by atoms with Crippen LogP contribution >= 0.6 is 0 Å². The summed E-state index contributed by atoms with van der Waals surface area (Å²) in [7, 11) is 1.27. The van der Waals surface area contributed by atoms with Crippen LogP contribution in [-0.2, 0) is 11.3 Å². The van der Waals surface area contributed by atoms with E-state index in [2.05, 4.69) is 9.84 Å². The fourth-order valence-electron chi connectivity index (χ4n) is 2.05. The number of carbonyl (C=O) groups is 2. The number of nitrogens with zero attached hydrogens (tertiary/aromatic N) is 3. The number of ether oxygens (including phenoxy) is 1. The van der Waals surface area contributed by atoms with E-state index in [4.69, 9.17) is 0 Å². The Morgan fingerprint density at radius 3 is 2.86 bits per heavy atom. The second-order valence-electron chi connectivity index (χ2n) is 4.46. The fraction of sp³-hybridized carbons (Fsp3) is 0.200. The number of hydrogen-bond acceptors (Lipinski definition) is 5. The highest BCUT2D eigenvalue weighted by molar-refractivity contribution is 5.92. The summed E-state index contributed by atoms with van der Waals surface area (Å²) in [6, 6.07) is 6.98. The van der Waals surface area contributed by atoms with Gasteiger partial charge in [-0.05, 0) is 24.1 Å². The summed E-state index contributed by atoms with van der Waals surface area (Å²) in [4.78, 5) is 22.5. The minimum atomic E-state index is -0.557. The normalized spacial score (nSPS) is 9.95. The Balaban J connectivity index is 2.42. The number of aryl methyl sites for hydroxylation is 1. The molecule has 0 radical (unpaired) electrons. The predicted molar refractivity (Wildman–Crippen MR) is 74.0 cm³/mol. The first-order valence-corrected chi connectivity index (χ1v) is 6.20. The van der Waals surface area contributed by atoms with Crippen LogP contribution in [0.25, 0.3) is 0 Å². The Kier molecular flexibility index (Phi) is 4.14. The molecule has 0 bridgehead atoms. The number of benzene rings is 1. The lowest BCUT2D eigenvalue weighted by Gasteiger charge is -2.08. The second-order valence-corrected chi connectivity index (χ2v) is 4.46. The van der Waals surface area contributed by atoms with E-state index in [9.17, 15) is 14.9 Å².